The van der Waals surface area contributed by atoms with Gasteiger partial charge in [0.2, 0.25) is 0 Å². The molecular weight excluding hydrogens is 264 g/mol. The Labute approximate surface area is 122 Å². The molecule has 1 aliphatic rings. The Morgan fingerprint density at radius 3 is 3.05 bits per heavy atom. The van der Waals surface area contributed by atoms with Crippen LogP contribution in [0.3, 0.4) is 0 Å². The number of benzene rings is 1. The van der Waals surface area contributed by atoms with Crippen molar-refractivity contribution in [1.29, 1.82) is 0 Å². The summed E-state index contributed by atoms with van der Waals surface area (Å²) in [6, 6.07) is 10.0. The summed E-state index contributed by atoms with van der Waals surface area (Å²) in [6.07, 6.45) is 4.41. The van der Waals surface area contributed by atoms with Gasteiger partial charge in [-0.25, -0.2) is 0 Å². The summed E-state index contributed by atoms with van der Waals surface area (Å²) in [5, 5.41) is 10.9. The average Bonchev–Trinajstić information content (AvgIpc) is 3.08. The van der Waals surface area contributed by atoms with E-state index >= 15 is 0 Å². The number of aromatic nitrogens is 3. The maximum atomic E-state index is 5.30. The van der Waals surface area contributed by atoms with Gasteiger partial charge in [0.05, 0.1) is 24.7 Å². The number of methoxy groups -OCH3 is 1. The number of pyridine rings is 1. The Morgan fingerprint density at radius 1 is 1.29 bits per heavy atom. The second kappa shape index (κ2) is 4.63. The van der Waals surface area contributed by atoms with Gasteiger partial charge in [0.25, 0.3) is 0 Å². The molecule has 5 heteroatoms. The molecule has 0 fully saturated rings. The first-order valence-electron chi connectivity index (χ1n) is 6.77. The minimum Gasteiger partial charge on any atom is -0.497 e. The van der Waals surface area contributed by atoms with Crippen molar-refractivity contribution in [2.24, 2.45) is 0 Å². The average molecular weight is 278 g/mol. The fourth-order valence-corrected chi connectivity index (χ4v) is 2.69. The van der Waals surface area contributed by atoms with Gasteiger partial charge in [-0.05, 0) is 29.8 Å². The zero-order chi connectivity index (χ0) is 14.2. The number of aromatic amines is 1. The molecule has 2 aromatic heterocycles. The number of fused-ring (bicyclic) bond motifs is 3. The van der Waals surface area contributed by atoms with Crippen LogP contribution in [0.15, 0.2) is 42.7 Å². The fraction of sp³-hybridized carbons (Fsp3) is 0.125. The monoisotopic (exact) mass is 278 g/mol. The van der Waals surface area contributed by atoms with E-state index in [1.54, 1.807) is 19.5 Å². The first-order valence-corrected chi connectivity index (χ1v) is 6.77. The lowest BCUT2D eigenvalue weighted by Crippen LogP contribution is -1.94. The lowest BCUT2D eigenvalue weighted by molar-refractivity contribution is 0.415. The Morgan fingerprint density at radius 2 is 2.24 bits per heavy atom. The Balaban J connectivity index is 1.71. The van der Waals surface area contributed by atoms with Gasteiger partial charge < -0.3 is 10.1 Å². The topological polar surface area (TPSA) is 62.8 Å². The summed E-state index contributed by atoms with van der Waals surface area (Å²) in [5.41, 5.74) is 5.53. The highest BCUT2D eigenvalue weighted by Gasteiger charge is 2.25. The largest absolute Gasteiger partial charge is 0.497 e. The number of H-pyrrole nitrogens is 1. The Hall–Kier alpha value is -2.82. The van der Waals surface area contributed by atoms with Crippen LogP contribution in [0.1, 0.15) is 11.1 Å². The number of rotatable bonds is 3. The van der Waals surface area contributed by atoms with Crippen molar-refractivity contribution < 1.29 is 4.74 Å². The maximum absolute atomic E-state index is 5.30. The normalized spacial score (nSPS) is 11.9. The fourth-order valence-electron chi connectivity index (χ4n) is 2.69. The number of nitrogens with one attached hydrogen (secondary N) is 2. The van der Waals surface area contributed by atoms with E-state index in [9.17, 15) is 0 Å². The van der Waals surface area contributed by atoms with E-state index in [1.165, 1.54) is 11.1 Å². The van der Waals surface area contributed by atoms with Crippen molar-refractivity contribution in [3.8, 4) is 17.0 Å². The van der Waals surface area contributed by atoms with Crippen LogP contribution in [0.4, 0.5) is 11.5 Å². The molecule has 5 nitrogen and oxygen atoms in total. The number of hydrogen-bond donors (Lipinski definition) is 2. The van der Waals surface area contributed by atoms with Crippen LogP contribution in [0.2, 0.25) is 0 Å². The smallest absolute Gasteiger partial charge is 0.130 e. The zero-order valence-electron chi connectivity index (χ0n) is 11.6. The molecule has 4 rings (SSSR count). The molecule has 0 unspecified atom stereocenters. The molecule has 0 atom stereocenters. The minimum atomic E-state index is 0.853. The van der Waals surface area contributed by atoms with Gasteiger partial charge in [-0.1, -0.05) is 6.07 Å². The summed E-state index contributed by atoms with van der Waals surface area (Å²) in [5.74, 6) is 1.78. The Kier molecular flexibility index (Phi) is 2.64. The van der Waals surface area contributed by atoms with Crippen LogP contribution in [0.25, 0.3) is 11.3 Å². The molecule has 104 valence electrons. The second-order valence-corrected chi connectivity index (χ2v) is 4.99. The van der Waals surface area contributed by atoms with Crippen molar-refractivity contribution in [2.75, 3.05) is 12.4 Å². The van der Waals surface area contributed by atoms with Crippen LogP contribution >= 0.6 is 0 Å². The predicted octanol–water partition coefficient (Wildman–Crippen LogP) is 3.13. The number of ether oxygens (including phenoxy) is 1. The van der Waals surface area contributed by atoms with E-state index in [-0.39, 0.29) is 0 Å². The standard InChI is InChI=1S/C16H14N4O/c1-21-12-5-4-10-7-14-15(13(10)8-12)19-20-16(14)18-11-3-2-6-17-9-11/h2-6,8-9H,7H2,1H3,(H2,18,19,20). The highest BCUT2D eigenvalue weighted by molar-refractivity contribution is 5.80. The summed E-state index contributed by atoms with van der Waals surface area (Å²) in [4.78, 5) is 4.11. The lowest BCUT2D eigenvalue weighted by atomic mass is 10.1. The molecule has 2 N–H and O–H groups in total. The van der Waals surface area contributed by atoms with E-state index in [2.05, 4.69) is 26.6 Å². The van der Waals surface area contributed by atoms with Gasteiger partial charge in [-0.3, -0.25) is 10.1 Å². The van der Waals surface area contributed by atoms with Crippen LogP contribution in [0, 0.1) is 0 Å². The third kappa shape index (κ3) is 1.94. The molecule has 21 heavy (non-hydrogen) atoms. The van der Waals surface area contributed by atoms with Gasteiger partial charge in [0.15, 0.2) is 0 Å². The van der Waals surface area contributed by atoms with E-state index in [0.717, 1.165) is 34.9 Å². The number of anilines is 2. The summed E-state index contributed by atoms with van der Waals surface area (Å²) < 4.78 is 5.30. The van der Waals surface area contributed by atoms with Crippen LogP contribution in [0.5, 0.6) is 5.75 Å². The van der Waals surface area contributed by atoms with E-state index in [0.29, 0.717) is 0 Å². The van der Waals surface area contributed by atoms with Crippen molar-refractivity contribution >= 4 is 11.5 Å². The second-order valence-electron chi connectivity index (χ2n) is 4.99. The van der Waals surface area contributed by atoms with E-state index in [1.807, 2.05) is 24.3 Å². The quantitative estimate of drug-likeness (QED) is 0.604. The van der Waals surface area contributed by atoms with Crippen LogP contribution < -0.4 is 10.1 Å². The molecule has 0 amide bonds. The first kappa shape index (κ1) is 12.0. The van der Waals surface area contributed by atoms with Gasteiger partial charge in [0.1, 0.15) is 11.6 Å². The van der Waals surface area contributed by atoms with Gasteiger partial charge in [0, 0.05) is 23.7 Å². The highest BCUT2D eigenvalue weighted by atomic mass is 16.5. The predicted molar refractivity (Wildman–Crippen MR) is 80.9 cm³/mol. The van der Waals surface area contributed by atoms with E-state index in [4.69, 9.17) is 4.74 Å². The molecular formula is C16H14N4O. The zero-order valence-corrected chi connectivity index (χ0v) is 11.6. The third-order valence-electron chi connectivity index (χ3n) is 3.74. The van der Waals surface area contributed by atoms with Crippen molar-refractivity contribution in [1.82, 2.24) is 15.2 Å². The summed E-state index contributed by atoms with van der Waals surface area (Å²) >= 11 is 0. The molecule has 0 aliphatic heterocycles. The molecule has 1 aromatic carbocycles. The number of hydrogen-bond acceptors (Lipinski definition) is 4. The van der Waals surface area contributed by atoms with Gasteiger partial charge in [-0.15, -0.1) is 0 Å². The van der Waals surface area contributed by atoms with Crippen LogP contribution in [-0.4, -0.2) is 22.3 Å². The molecule has 0 saturated heterocycles. The number of nitrogens with zero attached hydrogens (tertiary/aromatic N) is 2. The van der Waals surface area contributed by atoms with Crippen molar-refractivity contribution in [3.63, 3.8) is 0 Å². The molecule has 0 spiro atoms. The van der Waals surface area contributed by atoms with Gasteiger partial charge >= 0.3 is 0 Å². The molecule has 0 bridgehead atoms. The van der Waals surface area contributed by atoms with Crippen molar-refractivity contribution in [3.05, 3.63) is 53.9 Å². The molecule has 0 radical (unpaired) electrons. The Bertz CT molecular complexity index is 795. The lowest BCUT2D eigenvalue weighted by Gasteiger charge is -2.05. The van der Waals surface area contributed by atoms with Crippen LogP contribution in [-0.2, 0) is 6.42 Å². The summed E-state index contributed by atoms with van der Waals surface area (Å²) in [7, 11) is 1.68. The highest BCUT2D eigenvalue weighted by Crippen LogP contribution is 2.40. The van der Waals surface area contributed by atoms with Crippen molar-refractivity contribution in [2.45, 2.75) is 6.42 Å². The minimum absolute atomic E-state index is 0.853. The third-order valence-corrected chi connectivity index (χ3v) is 3.74. The summed E-state index contributed by atoms with van der Waals surface area (Å²) in [6.45, 7) is 0. The maximum Gasteiger partial charge on any atom is 0.130 e. The molecule has 3 aromatic rings. The SMILES string of the molecule is COc1ccc2c(c1)-c1n[nH]c(Nc3cccnc3)c1C2. The molecule has 0 saturated carbocycles. The molecule has 1 aliphatic carbocycles. The van der Waals surface area contributed by atoms with Gasteiger partial charge in [-0.2, -0.15) is 5.10 Å². The first-order chi connectivity index (χ1) is 10.3. The molecule has 2 heterocycles. The van der Waals surface area contributed by atoms with E-state index < -0.39 is 0 Å².